The second-order valence-electron chi connectivity index (χ2n) is 2.99. The summed E-state index contributed by atoms with van der Waals surface area (Å²) in [5.74, 6) is 0. The van der Waals surface area contributed by atoms with Crippen LogP contribution in [-0.4, -0.2) is 18.1 Å². The normalized spacial score (nSPS) is 21.5. The van der Waals surface area contributed by atoms with Gasteiger partial charge in [0.25, 0.3) is 0 Å². The molecular formula is C9H12N2S. The molecule has 0 unspecified atom stereocenters. The Morgan fingerprint density at radius 3 is 3.25 bits per heavy atom. The molecule has 1 N–H and O–H groups in total. The van der Waals surface area contributed by atoms with Gasteiger partial charge in [-0.15, -0.1) is 11.3 Å². The zero-order valence-electron chi connectivity index (χ0n) is 6.92. The molecule has 0 atom stereocenters. The SMILES string of the molecule is C(=C1CCCNC1)c1cncs1. The van der Waals surface area contributed by atoms with Gasteiger partial charge in [0.15, 0.2) is 0 Å². The summed E-state index contributed by atoms with van der Waals surface area (Å²) in [5, 5.41) is 3.36. The first-order chi connectivity index (χ1) is 5.95. The highest BCUT2D eigenvalue weighted by molar-refractivity contribution is 7.10. The lowest BCUT2D eigenvalue weighted by Gasteiger charge is -2.14. The van der Waals surface area contributed by atoms with Gasteiger partial charge in [0.05, 0.1) is 5.51 Å². The number of rotatable bonds is 1. The maximum atomic E-state index is 4.04. The average molecular weight is 180 g/mol. The average Bonchev–Trinajstić information content (AvgIpc) is 2.59. The van der Waals surface area contributed by atoms with Crippen molar-refractivity contribution >= 4 is 17.4 Å². The third-order valence-electron chi connectivity index (χ3n) is 2.00. The van der Waals surface area contributed by atoms with Crippen molar-refractivity contribution in [1.82, 2.24) is 10.3 Å². The molecule has 1 fully saturated rings. The summed E-state index contributed by atoms with van der Waals surface area (Å²) in [6, 6.07) is 0. The summed E-state index contributed by atoms with van der Waals surface area (Å²) in [4.78, 5) is 5.31. The third kappa shape index (κ3) is 1.93. The molecule has 0 aliphatic carbocycles. The minimum atomic E-state index is 1.05. The molecule has 12 heavy (non-hydrogen) atoms. The van der Waals surface area contributed by atoms with E-state index in [4.69, 9.17) is 0 Å². The zero-order chi connectivity index (χ0) is 8.23. The van der Waals surface area contributed by atoms with Crippen molar-refractivity contribution in [1.29, 1.82) is 0 Å². The van der Waals surface area contributed by atoms with Gasteiger partial charge in [0.1, 0.15) is 0 Å². The molecule has 1 aromatic rings. The number of hydrogen-bond acceptors (Lipinski definition) is 3. The zero-order valence-corrected chi connectivity index (χ0v) is 7.73. The van der Waals surface area contributed by atoms with Gasteiger partial charge in [-0.2, -0.15) is 0 Å². The van der Waals surface area contributed by atoms with Crippen LogP contribution in [-0.2, 0) is 0 Å². The molecule has 1 saturated heterocycles. The highest BCUT2D eigenvalue weighted by atomic mass is 32.1. The van der Waals surface area contributed by atoms with Crippen LogP contribution in [0, 0.1) is 0 Å². The van der Waals surface area contributed by atoms with E-state index in [1.165, 1.54) is 29.8 Å². The van der Waals surface area contributed by atoms with E-state index >= 15 is 0 Å². The van der Waals surface area contributed by atoms with E-state index in [-0.39, 0.29) is 0 Å². The molecule has 0 bridgehead atoms. The number of piperidine rings is 1. The minimum absolute atomic E-state index is 1.05. The summed E-state index contributed by atoms with van der Waals surface area (Å²) >= 11 is 1.70. The quantitative estimate of drug-likeness (QED) is 0.714. The number of aromatic nitrogens is 1. The van der Waals surface area contributed by atoms with Gasteiger partial charge in [-0.05, 0) is 25.5 Å². The van der Waals surface area contributed by atoms with Crippen LogP contribution in [0.2, 0.25) is 0 Å². The Morgan fingerprint density at radius 1 is 1.58 bits per heavy atom. The number of hydrogen-bond donors (Lipinski definition) is 1. The Labute approximate surface area is 76.3 Å². The summed E-state index contributed by atoms with van der Waals surface area (Å²) < 4.78 is 0. The predicted octanol–water partition coefficient (Wildman–Crippen LogP) is 1.91. The number of thiazole rings is 1. The smallest absolute Gasteiger partial charge is 0.0797 e. The van der Waals surface area contributed by atoms with Gasteiger partial charge >= 0.3 is 0 Å². The van der Waals surface area contributed by atoms with Gasteiger partial charge in [0, 0.05) is 17.6 Å². The van der Waals surface area contributed by atoms with Crippen molar-refractivity contribution in [3.63, 3.8) is 0 Å². The van der Waals surface area contributed by atoms with E-state index in [1.54, 1.807) is 11.3 Å². The van der Waals surface area contributed by atoms with Crippen LogP contribution in [0.25, 0.3) is 6.08 Å². The molecule has 2 rings (SSSR count). The fourth-order valence-electron chi connectivity index (χ4n) is 1.40. The molecule has 1 aliphatic rings. The largest absolute Gasteiger partial charge is 0.313 e. The van der Waals surface area contributed by atoms with Crippen molar-refractivity contribution < 1.29 is 0 Å². The van der Waals surface area contributed by atoms with Crippen LogP contribution in [0.1, 0.15) is 17.7 Å². The van der Waals surface area contributed by atoms with Gasteiger partial charge in [-0.25, -0.2) is 0 Å². The van der Waals surface area contributed by atoms with Crippen molar-refractivity contribution in [2.24, 2.45) is 0 Å². The Morgan fingerprint density at radius 2 is 2.58 bits per heavy atom. The second kappa shape index (κ2) is 3.83. The summed E-state index contributed by atoms with van der Waals surface area (Å²) in [6.45, 7) is 2.22. The topological polar surface area (TPSA) is 24.9 Å². The second-order valence-corrected chi connectivity index (χ2v) is 3.90. The lowest BCUT2D eigenvalue weighted by molar-refractivity contribution is 0.613. The minimum Gasteiger partial charge on any atom is -0.313 e. The molecule has 0 saturated carbocycles. The Bertz CT molecular complexity index is 256. The van der Waals surface area contributed by atoms with Gasteiger partial charge in [0.2, 0.25) is 0 Å². The van der Waals surface area contributed by atoms with E-state index in [2.05, 4.69) is 16.4 Å². The van der Waals surface area contributed by atoms with Crippen LogP contribution in [0.3, 0.4) is 0 Å². The Hall–Kier alpha value is -0.670. The Kier molecular flexibility index (Phi) is 2.54. The summed E-state index contributed by atoms with van der Waals surface area (Å²) in [6.07, 6.45) is 6.69. The van der Waals surface area contributed by atoms with E-state index in [1.807, 2.05) is 11.7 Å². The number of nitrogens with zero attached hydrogens (tertiary/aromatic N) is 1. The first-order valence-electron chi connectivity index (χ1n) is 4.24. The highest BCUT2D eigenvalue weighted by Gasteiger charge is 2.03. The molecule has 2 nitrogen and oxygen atoms in total. The monoisotopic (exact) mass is 180 g/mol. The third-order valence-corrected chi connectivity index (χ3v) is 2.72. The molecule has 0 aromatic carbocycles. The van der Waals surface area contributed by atoms with Crippen molar-refractivity contribution in [3.05, 3.63) is 22.2 Å². The maximum absolute atomic E-state index is 4.04. The van der Waals surface area contributed by atoms with Gasteiger partial charge < -0.3 is 5.32 Å². The van der Waals surface area contributed by atoms with Crippen molar-refractivity contribution in [3.8, 4) is 0 Å². The first kappa shape index (κ1) is 7.95. The van der Waals surface area contributed by atoms with Crippen LogP contribution in [0.5, 0.6) is 0 Å². The van der Waals surface area contributed by atoms with E-state index in [0.717, 1.165) is 6.54 Å². The molecule has 0 radical (unpaired) electrons. The fourth-order valence-corrected chi connectivity index (χ4v) is 2.00. The summed E-state index contributed by atoms with van der Waals surface area (Å²) in [5.41, 5.74) is 3.38. The van der Waals surface area contributed by atoms with E-state index in [9.17, 15) is 0 Å². The highest BCUT2D eigenvalue weighted by Crippen LogP contribution is 2.15. The molecule has 2 heterocycles. The maximum Gasteiger partial charge on any atom is 0.0797 e. The van der Waals surface area contributed by atoms with Crippen LogP contribution < -0.4 is 5.32 Å². The van der Waals surface area contributed by atoms with Crippen LogP contribution in [0.4, 0.5) is 0 Å². The molecule has 0 spiro atoms. The van der Waals surface area contributed by atoms with E-state index in [0.29, 0.717) is 0 Å². The summed E-state index contributed by atoms with van der Waals surface area (Å²) in [7, 11) is 0. The molecule has 1 aliphatic heterocycles. The molecule has 1 aromatic heterocycles. The Balaban J connectivity index is 2.07. The van der Waals surface area contributed by atoms with Gasteiger partial charge in [-0.1, -0.05) is 5.57 Å². The standard InChI is InChI=1S/C9H12N2S/c1-2-8(5-10-3-1)4-9-6-11-7-12-9/h4,6-7,10H,1-3,5H2. The number of nitrogens with one attached hydrogen (secondary N) is 1. The van der Waals surface area contributed by atoms with Crippen LogP contribution >= 0.6 is 11.3 Å². The molecule has 64 valence electrons. The molecule has 0 amide bonds. The fraction of sp³-hybridized carbons (Fsp3) is 0.444. The van der Waals surface area contributed by atoms with Crippen LogP contribution in [0.15, 0.2) is 17.3 Å². The molecule has 3 heteroatoms. The lowest BCUT2D eigenvalue weighted by Crippen LogP contribution is -2.23. The van der Waals surface area contributed by atoms with Crippen molar-refractivity contribution in [2.45, 2.75) is 12.8 Å². The van der Waals surface area contributed by atoms with E-state index < -0.39 is 0 Å². The van der Waals surface area contributed by atoms with Crippen molar-refractivity contribution in [2.75, 3.05) is 13.1 Å². The molecular weight excluding hydrogens is 168 g/mol. The predicted molar refractivity (Wildman–Crippen MR) is 52.2 cm³/mol. The lowest BCUT2D eigenvalue weighted by atomic mass is 10.1. The van der Waals surface area contributed by atoms with Gasteiger partial charge in [-0.3, -0.25) is 4.98 Å². The first-order valence-corrected chi connectivity index (χ1v) is 5.12.